The third kappa shape index (κ3) is 1.65. The lowest BCUT2D eigenvalue weighted by molar-refractivity contribution is -0.181. The zero-order chi connectivity index (χ0) is 15.8. The molecule has 0 amide bonds. The van der Waals surface area contributed by atoms with Gasteiger partial charge >= 0.3 is 5.97 Å². The molecule has 0 radical (unpaired) electrons. The van der Waals surface area contributed by atoms with Crippen molar-refractivity contribution >= 4 is 5.97 Å². The van der Waals surface area contributed by atoms with Gasteiger partial charge in [0.2, 0.25) is 0 Å². The highest BCUT2D eigenvalue weighted by atomic mass is 16.4. The zero-order valence-electron chi connectivity index (χ0n) is 14.2. The van der Waals surface area contributed by atoms with Gasteiger partial charge in [-0.05, 0) is 86.9 Å². The van der Waals surface area contributed by atoms with E-state index in [0.717, 1.165) is 31.1 Å². The summed E-state index contributed by atoms with van der Waals surface area (Å²) in [5.41, 5.74) is 1.71. The molecule has 6 atom stereocenters. The van der Waals surface area contributed by atoms with E-state index in [1.54, 1.807) is 0 Å². The Morgan fingerprint density at radius 3 is 2.64 bits per heavy atom. The van der Waals surface area contributed by atoms with Crippen LogP contribution in [0.5, 0.6) is 0 Å². The number of rotatable bonds is 1. The van der Waals surface area contributed by atoms with E-state index in [-0.39, 0.29) is 5.41 Å². The zero-order valence-corrected chi connectivity index (χ0v) is 14.2. The van der Waals surface area contributed by atoms with Crippen LogP contribution in [0.15, 0.2) is 12.2 Å². The van der Waals surface area contributed by atoms with Crippen LogP contribution < -0.4 is 0 Å². The van der Waals surface area contributed by atoms with Gasteiger partial charge in [-0.1, -0.05) is 25.5 Å². The highest BCUT2D eigenvalue weighted by Gasteiger charge is 2.64. The Balaban J connectivity index is 1.75. The number of fused-ring (bicyclic) bond motifs is 3. The van der Waals surface area contributed by atoms with E-state index < -0.39 is 11.4 Å². The Hall–Kier alpha value is -0.790. The summed E-state index contributed by atoms with van der Waals surface area (Å²) >= 11 is 0. The van der Waals surface area contributed by atoms with Crippen molar-refractivity contribution < 1.29 is 9.90 Å². The molecule has 0 aromatic rings. The van der Waals surface area contributed by atoms with Gasteiger partial charge in [0.1, 0.15) is 0 Å². The van der Waals surface area contributed by atoms with Crippen molar-refractivity contribution in [3.05, 3.63) is 12.2 Å². The van der Waals surface area contributed by atoms with Gasteiger partial charge in [0.15, 0.2) is 0 Å². The molecule has 1 N–H and O–H groups in total. The molecule has 2 nitrogen and oxygen atoms in total. The highest BCUT2D eigenvalue weighted by Crippen LogP contribution is 2.72. The van der Waals surface area contributed by atoms with Crippen LogP contribution >= 0.6 is 0 Å². The maximum Gasteiger partial charge on any atom is 0.309 e. The van der Waals surface area contributed by atoms with E-state index in [4.69, 9.17) is 0 Å². The molecule has 0 heterocycles. The Labute approximate surface area is 134 Å². The second-order valence-electron chi connectivity index (χ2n) is 9.40. The molecule has 0 aliphatic heterocycles. The number of carbonyl (C=O) groups is 1. The average Bonchev–Trinajstić information content (AvgIpc) is 2.68. The number of hydrogen-bond donors (Lipinski definition) is 1. The molecule has 4 fully saturated rings. The SMILES string of the molecule is C=C1C[C@@]23CC[C@@H]4[C@@](C)(CCC[C@@]4(C)C(=O)O)[C@H]2CC[C@@H]1C3. The normalized spacial score (nSPS) is 53.7. The van der Waals surface area contributed by atoms with Crippen LogP contribution in [0.4, 0.5) is 0 Å². The van der Waals surface area contributed by atoms with E-state index >= 15 is 0 Å². The van der Waals surface area contributed by atoms with Gasteiger partial charge in [0.05, 0.1) is 5.41 Å². The minimum Gasteiger partial charge on any atom is -0.481 e. The molecule has 0 aromatic carbocycles. The Morgan fingerprint density at radius 2 is 1.91 bits per heavy atom. The predicted molar refractivity (Wildman–Crippen MR) is 87.4 cm³/mol. The first-order valence-corrected chi connectivity index (χ1v) is 9.23. The van der Waals surface area contributed by atoms with Crippen LogP contribution in [0, 0.1) is 34.0 Å². The molecule has 0 aromatic heterocycles. The summed E-state index contributed by atoms with van der Waals surface area (Å²) in [5.74, 6) is 1.32. The predicted octanol–water partition coefficient (Wildman–Crippen LogP) is 5.04. The fourth-order valence-electron chi connectivity index (χ4n) is 7.61. The number of carboxylic acids is 1. The molecule has 2 heteroatoms. The highest BCUT2D eigenvalue weighted by molar-refractivity contribution is 5.75. The summed E-state index contributed by atoms with van der Waals surface area (Å²) in [6, 6.07) is 0. The first-order chi connectivity index (χ1) is 10.3. The average molecular weight is 302 g/mol. The molecule has 4 aliphatic rings. The smallest absolute Gasteiger partial charge is 0.309 e. The number of aliphatic carboxylic acids is 1. The summed E-state index contributed by atoms with van der Waals surface area (Å²) in [7, 11) is 0. The molecule has 4 aliphatic carbocycles. The largest absolute Gasteiger partial charge is 0.481 e. The topological polar surface area (TPSA) is 37.3 Å². The molecule has 0 saturated heterocycles. The second kappa shape index (κ2) is 4.39. The van der Waals surface area contributed by atoms with Gasteiger partial charge in [0, 0.05) is 0 Å². The van der Waals surface area contributed by atoms with Crippen LogP contribution in [0.1, 0.15) is 71.6 Å². The minimum atomic E-state index is -0.552. The summed E-state index contributed by atoms with van der Waals surface area (Å²) in [5, 5.41) is 9.90. The van der Waals surface area contributed by atoms with Crippen LogP contribution in [-0.4, -0.2) is 11.1 Å². The van der Waals surface area contributed by atoms with E-state index in [1.807, 2.05) is 6.92 Å². The summed E-state index contributed by atoms with van der Waals surface area (Å²) < 4.78 is 0. The maximum absolute atomic E-state index is 12.0. The van der Waals surface area contributed by atoms with Crippen molar-refractivity contribution in [3.8, 4) is 0 Å². The second-order valence-corrected chi connectivity index (χ2v) is 9.40. The molecule has 1 spiro atoms. The molecule has 122 valence electrons. The van der Waals surface area contributed by atoms with Crippen molar-refractivity contribution in [1.82, 2.24) is 0 Å². The number of allylic oxidation sites excluding steroid dienone is 1. The van der Waals surface area contributed by atoms with Gasteiger partial charge in [-0.2, -0.15) is 0 Å². The van der Waals surface area contributed by atoms with Crippen molar-refractivity contribution in [2.24, 2.45) is 34.0 Å². The number of hydrogen-bond acceptors (Lipinski definition) is 1. The monoisotopic (exact) mass is 302 g/mol. The third-order valence-electron chi connectivity index (χ3n) is 8.54. The Morgan fingerprint density at radius 1 is 1.14 bits per heavy atom. The van der Waals surface area contributed by atoms with Gasteiger partial charge < -0.3 is 5.11 Å². The molecule has 22 heavy (non-hydrogen) atoms. The Bertz CT molecular complexity index is 538. The molecule has 2 bridgehead atoms. The fourth-order valence-corrected chi connectivity index (χ4v) is 7.61. The maximum atomic E-state index is 12.0. The first kappa shape index (κ1) is 14.8. The fraction of sp³-hybridized carbons (Fsp3) is 0.850. The van der Waals surface area contributed by atoms with Gasteiger partial charge in [-0.25, -0.2) is 0 Å². The van der Waals surface area contributed by atoms with Crippen LogP contribution in [0.2, 0.25) is 0 Å². The van der Waals surface area contributed by atoms with Crippen molar-refractivity contribution in [3.63, 3.8) is 0 Å². The third-order valence-corrected chi connectivity index (χ3v) is 8.54. The molecular formula is C20H30O2. The van der Waals surface area contributed by atoms with Crippen molar-refractivity contribution in [1.29, 1.82) is 0 Å². The van der Waals surface area contributed by atoms with E-state index in [2.05, 4.69) is 13.5 Å². The lowest BCUT2D eigenvalue weighted by atomic mass is 9.41. The molecule has 4 rings (SSSR count). The standard InChI is InChI=1S/C20H30O2/c1-13-11-20-10-7-15-18(2,16(20)6-5-14(13)12-20)8-4-9-19(15,3)17(21)22/h14-16H,1,4-12H2,2-3H3,(H,21,22)/t14-,15-,16-,18-,19-,20-/m1/s1. The van der Waals surface area contributed by atoms with E-state index in [9.17, 15) is 9.90 Å². The van der Waals surface area contributed by atoms with Crippen molar-refractivity contribution in [2.75, 3.05) is 0 Å². The lowest BCUT2D eigenvalue weighted by Gasteiger charge is -2.63. The van der Waals surface area contributed by atoms with E-state index in [0.29, 0.717) is 11.3 Å². The van der Waals surface area contributed by atoms with Crippen molar-refractivity contribution in [2.45, 2.75) is 71.6 Å². The van der Waals surface area contributed by atoms with Gasteiger partial charge in [-0.3, -0.25) is 4.79 Å². The van der Waals surface area contributed by atoms with Crippen LogP contribution in [0.3, 0.4) is 0 Å². The number of carboxylic acid groups (broad SMARTS) is 1. The molecular weight excluding hydrogens is 272 g/mol. The molecule has 4 saturated carbocycles. The van der Waals surface area contributed by atoms with Crippen LogP contribution in [0.25, 0.3) is 0 Å². The van der Waals surface area contributed by atoms with Crippen LogP contribution in [-0.2, 0) is 4.79 Å². The van der Waals surface area contributed by atoms with E-state index in [1.165, 1.54) is 44.1 Å². The van der Waals surface area contributed by atoms with Gasteiger partial charge in [0.25, 0.3) is 0 Å². The summed E-state index contributed by atoms with van der Waals surface area (Å²) in [4.78, 5) is 12.0. The summed E-state index contributed by atoms with van der Waals surface area (Å²) in [6.45, 7) is 8.86. The summed E-state index contributed by atoms with van der Waals surface area (Å²) in [6.07, 6.45) is 10.8. The lowest BCUT2D eigenvalue weighted by Crippen LogP contribution is -2.58. The van der Waals surface area contributed by atoms with Gasteiger partial charge in [-0.15, -0.1) is 0 Å². The quantitative estimate of drug-likeness (QED) is 0.689. The molecule has 0 unspecified atom stereocenters. The Kier molecular flexibility index (Phi) is 2.95. The minimum absolute atomic E-state index is 0.235. The first-order valence-electron chi connectivity index (χ1n) is 9.23.